The molecule has 1 rings (SSSR count). The third kappa shape index (κ3) is 4.26. The zero-order valence-corrected chi connectivity index (χ0v) is 13.4. The van der Waals surface area contributed by atoms with Crippen LogP contribution in [-0.4, -0.2) is 38.7 Å². The fourth-order valence-electron chi connectivity index (χ4n) is 1.84. The van der Waals surface area contributed by atoms with Gasteiger partial charge in [-0.2, -0.15) is 0 Å². The largest absolute Gasteiger partial charge is 0.496 e. The Morgan fingerprint density at radius 3 is 2.44 bits per heavy atom. The van der Waals surface area contributed by atoms with E-state index in [4.69, 9.17) is 4.74 Å². The second-order valence-corrected chi connectivity index (χ2v) is 5.79. The van der Waals surface area contributed by atoms with E-state index in [1.807, 2.05) is 6.07 Å². The fraction of sp³-hybridized carbons (Fsp3) is 0.571. The summed E-state index contributed by atoms with van der Waals surface area (Å²) >= 11 is 3.54. The van der Waals surface area contributed by atoms with Gasteiger partial charge in [0.2, 0.25) is 0 Å². The molecule has 1 aromatic rings. The number of hydrogen-bond acceptors (Lipinski definition) is 3. The molecule has 0 aliphatic carbocycles. The third-order valence-corrected chi connectivity index (χ3v) is 3.52. The summed E-state index contributed by atoms with van der Waals surface area (Å²) in [5, 5.41) is 3.49. The molecule has 0 fully saturated rings. The molecular formula is C14H23BrN2O. The van der Waals surface area contributed by atoms with Crippen LogP contribution >= 0.6 is 15.9 Å². The molecule has 0 aromatic heterocycles. The molecular weight excluding hydrogens is 292 g/mol. The Bertz CT molecular complexity index is 380. The van der Waals surface area contributed by atoms with E-state index in [2.05, 4.69) is 66.2 Å². The van der Waals surface area contributed by atoms with E-state index < -0.39 is 0 Å². The van der Waals surface area contributed by atoms with E-state index in [1.165, 1.54) is 5.56 Å². The predicted octanol–water partition coefficient (Wildman–Crippen LogP) is 3.06. The van der Waals surface area contributed by atoms with Crippen molar-refractivity contribution in [3.63, 3.8) is 0 Å². The molecule has 4 heteroatoms. The first kappa shape index (κ1) is 15.5. The van der Waals surface area contributed by atoms with Crippen LogP contribution in [0.5, 0.6) is 5.75 Å². The Morgan fingerprint density at radius 1 is 1.33 bits per heavy atom. The molecule has 1 aromatic carbocycles. The first-order valence-corrected chi connectivity index (χ1v) is 6.98. The average molecular weight is 315 g/mol. The zero-order valence-electron chi connectivity index (χ0n) is 11.8. The summed E-state index contributed by atoms with van der Waals surface area (Å²) in [5.41, 5.74) is 1.28. The van der Waals surface area contributed by atoms with E-state index in [9.17, 15) is 0 Å². The zero-order chi connectivity index (χ0) is 13.7. The lowest BCUT2D eigenvalue weighted by Gasteiger charge is -2.26. The van der Waals surface area contributed by atoms with Gasteiger partial charge in [-0.15, -0.1) is 0 Å². The van der Waals surface area contributed by atoms with Gasteiger partial charge in [-0.3, -0.25) is 0 Å². The minimum atomic E-state index is 0.356. The number of benzene rings is 1. The predicted molar refractivity (Wildman–Crippen MR) is 80.3 cm³/mol. The van der Waals surface area contributed by atoms with Gasteiger partial charge < -0.3 is 15.0 Å². The number of rotatable bonds is 6. The number of likely N-dealkylation sites (N-methyl/N-ethyl adjacent to an activating group) is 1. The summed E-state index contributed by atoms with van der Waals surface area (Å²) < 4.78 is 6.26. The van der Waals surface area contributed by atoms with Crippen LogP contribution in [0, 0.1) is 0 Å². The first-order chi connectivity index (χ1) is 8.45. The Balaban J connectivity index is 2.88. The number of nitrogens with one attached hydrogen (secondary N) is 1. The van der Waals surface area contributed by atoms with Gasteiger partial charge in [-0.25, -0.2) is 0 Å². The van der Waals surface area contributed by atoms with Crippen molar-refractivity contribution in [2.24, 2.45) is 0 Å². The maximum Gasteiger partial charge on any atom is 0.133 e. The molecule has 0 amide bonds. The van der Waals surface area contributed by atoms with Crippen LogP contribution in [0.3, 0.4) is 0 Å². The molecule has 1 atom stereocenters. The van der Waals surface area contributed by atoms with Crippen LogP contribution in [0.2, 0.25) is 0 Å². The first-order valence-electron chi connectivity index (χ1n) is 6.19. The van der Waals surface area contributed by atoms with Crippen molar-refractivity contribution < 1.29 is 4.74 Å². The Kier molecular flexibility index (Phi) is 6.12. The van der Waals surface area contributed by atoms with Crippen LogP contribution < -0.4 is 10.1 Å². The van der Waals surface area contributed by atoms with E-state index in [0.29, 0.717) is 12.1 Å². The van der Waals surface area contributed by atoms with E-state index in [0.717, 1.165) is 16.8 Å². The highest BCUT2D eigenvalue weighted by molar-refractivity contribution is 9.10. The molecule has 0 saturated carbocycles. The summed E-state index contributed by atoms with van der Waals surface area (Å²) in [6, 6.07) is 7.11. The molecule has 3 nitrogen and oxygen atoms in total. The molecule has 0 heterocycles. The van der Waals surface area contributed by atoms with Gasteiger partial charge in [0.15, 0.2) is 0 Å². The molecule has 1 unspecified atom stereocenters. The number of nitrogens with zero attached hydrogens (tertiary/aromatic N) is 1. The van der Waals surface area contributed by atoms with Crippen LogP contribution in [-0.2, 0) is 0 Å². The molecule has 0 bridgehead atoms. The molecule has 0 aliphatic heterocycles. The van der Waals surface area contributed by atoms with Crippen LogP contribution in [0.1, 0.15) is 25.5 Å². The SMILES string of the molecule is COc1ccc(C(CNC(C)C)N(C)C)cc1Br. The average Bonchev–Trinajstić information content (AvgIpc) is 2.28. The Hall–Kier alpha value is -0.580. The van der Waals surface area contributed by atoms with Gasteiger partial charge in [-0.1, -0.05) is 19.9 Å². The summed E-state index contributed by atoms with van der Waals surface area (Å²) in [6.07, 6.45) is 0. The highest BCUT2D eigenvalue weighted by Gasteiger charge is 2.15. The molecule has 1 N–H and O–H groups in total. The molecule has 18 heavy (non-hydrogen) atoms. The smallest absolute Gasteiger partial charge is 0.133 e. The lowest BCUT2D eigenvalue weighted by molar-refractivity contribution is 0.283. The van der Waals surface area contributed by atoms with Crippen molar-refractivity contribution in [2.45, 2.75) is 25.9 Å². The van der Waals surface area contributed by atoms with E-state index in [-0.39, 0.29) is 0 Å². The van der Waals surface area contributed by atoms with Gasteiger partial charge in [-0.05, 0) is 47.7 Å². The fourth-order valence-corrected chi connectivity index (χ4v) is 2.39. The monoisotopic (exact) mass is 314 g/mol. The second-order valence-electron chi connectivity index (χ2n) is 4.94. The quantitative estimate of drug-likeness (QED) is 0.873. The van der Waals surface area contributed by atoms with Gasteiger partial charge in [0, 0.05) is 18.6 Å². The van der Waals surface area contributed by atoms with Gasteiger partial charge in [0.1, 0.15) is 5.75 Å². The summed E-state index contributed by atoms with van der Waals surface area (Å²) in [5.74, 6) is 0.869. The highest BCUT2D eigenvalue weighted by atomic mass is 79.9. The molecule has 0 saturated heterocycles. The van der Waals surface area contributed by atoms with Gasteiger partial charge in [0.05, 0.1) is 11.6 Å². The van der Waals surface area contributed by atoms with Crippen LogP contribution in [0.25, 0.3) is 0 Å². The topological polar surface area (TPSA) is 24.5 Å². The molecule has 0 radical (unpaired) electrons. The van der Waals surface area contributed by atoms with Crippen molar-refractivity contribution in [1.82, 2.24) is 10.2 Å². The second kappa shape index (κ2) is 7.12. The number of halogens is 1. The minimum absolute atomic E-state index is 0.356. The van der Waals surface area contributed by atoms with Crippen molar-refractivity contribution in [3.8, 4) is 5.75 Å². The number of methoxy groups -OCH3 is 1. The third-order valence-electron chi connectivity index (χ3n) is 2.90. The van der Waals surface area contributed by atoms with Crippen LogP contribution in [0.4, 0.5) is 0 Å². The normalized spacial score (nSPS) is 13.1. The van der Waals surface area contributed by atoms with Gasteiger partial charge in [0.25, 0.3) is 0 Å². The highest BCUT2D eigenvalue weighted by Crippen LogP contribution is 2.29. The molecule has 0 spiro atoms. The van der Waals surface area contributed by atoms with Crippen molar-refractivity contribution >= 4 is 15.9 Å². The van der Waals surface area contributed by atoms with Crippen molar-refractivity contribution in [3.05, 3.63) is 28.2 Å². The Morgan fingerprint density at radius 2 is 2.00 bits per heavy atom. The number of hydrogen-bond donors (Lipinski definition) is 1. The summed E-state index contributed by atoms with van der Waals surface area (Å²) in [7, 11) is 5.89. The van der Waals surface area contributed by atoms with E-state index in [1.54, 1.807) is 7.11 Å². The van der Waals surface area contributed by atoms with Crippen molar-refractivity contribution in [2.75, 3.05) is 27.7 Å². The Labute approximate surface area is 119 Å². The molecule has 0 aliphatic rings. The lowest BCUT2D eigenvalue weighted by Crippen LogP contribution is -2.34. The maximum absolute atomic E-state index is 5.26. The minimum Gasteiger partial charge on any atom is -0.496 e. The van der Waals surface area contributed by atoms with E-state index >= 15 is 0 Å². The standard InChI is InChI=1S/C14H23BrN2O/c1-10(2)16-9-13(17(3)4)11-6-7-14(18-5)12(15)8-11/h6-8,10,13,16H,9H2,1-5H3. The summed E-state index contributed by atoms with van der Waals surface area (Å²) in [6.45, 7) is 5.26. The van der Waals surface area contributed by atoms with Gasteiger partial charge >= 0.3 is 0 Å². The van der Waals surface area contributed by atoms with Crippen LogP contribution in [0.15, 0.2) is 22.7 Å². The number of ether oxygens (including phenoxy) is 1. The lowest BCUT2D eigenvalue weighted by atomic mass is 10.1. The molecule has 102 valence electrons. The maximum atomic E-state index is 5.26. The summed E-state index contributed by atoms with van der Waals surface area (Å²) in [4.78, 5) is 2.23. The van der Waals surface area contributed by atoms with Crippen molar-refractivity contribution in [1.29, 1.82) is 0 Å².